The van der Waals surface area contributed by atoms with E-state index in [1.165, 1.54) is 11.1 Å². The summed E-state index contributed by atoms with van der Waals surface area (Å²) in [4.78, 5) is 14.6. The number of methoxy groups -OCH3 is 1. The number of allylic oxidation sites excluding steroid dienone is 1. The molecule has 7 atom stereocenters. The van der Waals surface area contributed by atoms with E-state index in [2.05, 4.69) is 54.7 Å². The van der Waals surface area contributed by atoms with Gasteiger partial charge in [0.15, 0.2) is 0 Å². The molecular formula is C22H29FN2O2S. The summed E-state index contributed by atoms with van der Waals surface area (Å²) in [5.41, 5.74) is 2.48. The van der Waals surface area contributed by atoms with Crippen molar-refractivity contribution in [3.05, 3.63) is 46.9 Å². The molecule has 1 N–H and O–H groups in total. The highest BCUT2D eigenvalue weighted by atomic mass is 32.2. The van der Waals surface area contributed by atoms with Crippen molar-refractivity contribution in [2.45, 2.75) is 42.3 Å². The monoisotopic (exact) mass is 404 g/mol. The smallest absolute Gasteiger partial charge is 0.234 e. The van der Waals surface area contributed by atoms with E-state index in [4.69, 9.17) is 4.74 Å². The van der Waals surface area contributed by atoms with Crippen molar-refractivity contribution >= 4 is 17.7 Å². The number of nitrogens with one attached hydrogen (secondary N) is 1. The molecule has 1 amide bonds. The predicted octanol–water partition coefficient (Wildman–Crippen LogP) is 2.99. The Bertz CT molecular complexity index is 739. The number of carbonyl (C=O) groups is 1. The highest BCUT2D eigenvalue weighted by Gasteiger charge is 2.55. The molecule has 28 heavy (non-hydrogen) atoms. The molecule has 4 nitrogen and oxygen atoms in total. The van der Waals surface area contributed by atoms with E-state index in [0.29, 0.717) is 6.42 Å². The molecule has 1 aromatic rings. The van der Waals surface area contributed by atoms with Gasteiger partial charge in [0, 0.05) is 31.9 Å². The van der Waals surface area contributed by atoms with Crippen molar-refractivity contribution in [3.8, 4) is 0 Å². The van der Waals surface area contributed by atoms with Gasteiger partial charge >= 0.3 is 0 Å². The van der Waals surface area contributed by atoms with Gasteiger partial charge in [0.2, 0.25) is 5.91 Å². The summed E-state index contributed by atoms with van der Waals surface area (Å²) in [5, 5.41) is 4.85. The normalized spacial score (nSPS) is 36.9. The third-order valence-corrected chi connectivity index (χ3v) is 7.62. The molecule has 1 saturated carbocycles. The molecule has 0 radical (unpaired) electrons. The highest BCUT2D eigenvalue weighted by Crippen LogP contribution is 2.51. The topological polar surface area (TPSA) is 41.6 Å². The van der Waals surface area contributed by atoms with Crippen molar-refractivity contribution in [2.24, 2.45) is 11.8 Å². The molecule has 0 bridgehead atoms. The third-order valence-electron chi connectivity index (χ3n) is 6.48. The summed E-state index contributed by atoms with van der Waals surface area (Å²) in [5.74, 6) is 0.104. The molecule has 0 aromatic heterocycles. The van der Waals surface area contributed by atoms with Crippen LogP contribution in [-0.2, 0) is 16.0 Å². The van der Waals surface area contributed by atoms with Crippen molar-refractivity contribution in [2.75, 3.05) is 27.7 Å². The van der Waals surface area contributed by atoms with Crippen LogP contribution >= 0.6 is 11.8 Å². The van der Waals surface area contributed by atoms with Gasteiger partial charge in [-0.2, -0.15) is 0 Å². The predicted molar refractivity (Wildman–Crippen MR) is 111 cm³/mol. The van der Waals surface area contributed by atoms with Gasteiger partial charge in [-0.15, -0.1) is 11.8 Å². The Kier molecular flexibility index (Phi) is 5.81. The lowest BCUT2D eigenvalue weighted by atomic mass is 9.62. The summed E-state index contributed by atoms with van der Waals surface area (Å²) in [6.07, 6.45) is 2.17. The summed E-state index contributed by atoms with van der Waals surface area (Å²) < 4.78 is 20.8. The number of halogens is 1. The zero-order chi connectivity index (χ0) is 19.8. The average Bonchev–Trinajstić information content (AvgIpc) is 3.18. The summed E-state index contributed by atoms with van der Waals surface area (Å²) >= 11 is 1.55. The number of hydrogen-bond donors (Lipinski definition) is 1. The van der Waals surface area contributed by atoms with Crippen molar-refractivity contribution in [1.29, 1.82) is 0 Å². The maximum atomic E-state index is 15.0. The van der Waals surface area contributed by atoms with Gasteiger partial charge < -0.3 is 15.0 Å². The molecule has 2 aliphatic heterocycles. The van der Waals surface area contributed by atoms with Crippen LogP contribution in [0.1, 0.15) is 23.5 Å². The zero-order valence-electron chi connectivity index (χ0n) is 16.7. The molecule has 7 unspecified atom stereocenters. The minimum absolute atomic E-state index is 0.00951. The largest absolute Gasteiger partial charge is 0.381 e. The van der Waals surface area contributed by atoms with Gasteiger partial charge in [-0.3, -0.25) is 4.79 Å². The van der Waals surface area contributed by atoms with Crippen LogP contribution in [0, 0.1) is 11.8 Å². The quantitative estimate of drug-likeness (QED) is 0.819. The summed E-state index contributed by atoms with van der Waals surface area (Å²) in [6.45, 7) is 1.01. The van der Waals surface area contributed by atoms with E-state index in [-0.39, 0.29) is 35.0 Å². The number of rotatable bonds is 5. The van der Waals surface area contributed by atoms with E-state index in [1.54, 1.807) is 18.9 Å². The van der Waals surface area contributed by atoms with Crippen LogP contribution in [-0.4, -0.2) is 62.1 Å². The first-order chi connectivity index (χ1) is 13.5. The number of carbonyl (C=O) groups excluding carboxylic acids is 1. The number of likely N-dealkylation sites (N-methyl/N-ethyl adjacent to an activating group) is 1. The Morgan fingerprint density at radius 1 is 1.29 bits per heavy atom. The number of alkyl halides is 1. The van der Waals surface area contributed by atoms with Crippen molar-refractivity contribution in [3.63, 3.8) is 0 Å². The fourth-order valence-electron chi connectivity index (χ4n) is 5.06. The zero-order valence-corrected chi connectivity index (χ0v) is 17.5. The van der Waals surface area contributed by atoms with Gasteiger partial charge in [0.05, 0.1) is 17.4 Å². The second-order valence-electron chi connectivity index (χ2n) is 8.42. The van der Waals surface area contributed by atoms with E-state index < -0.39 is 12.2 Å². The number of nitrogens with zero attached hydrogens (tertiary/aromatic N) is 1. The van der Waals surface area contributed by atoms with Crippen LogP contribution in [0.3, 0.4) is 0 Å². The first-order valence-electron chi connectivity index (χ1n) is 10.0. The summed E-state index contributed by atoms with van der Waals surface area (Å²) in [6, 6.07) is 8.27. The van der Waals surface area contributed by atoms with E-state index in [0.717, 1.165) is 13.0 Å². The van der Waals surface area contributed by atoms with Crippen LogP contribution in [0.15, 0.2) is 35.7 Å². The van der Waals surface area contributed by atoms with Gasteiger partial charge in [-0.1, -0.05) is 30.3 Å². The van der Waals surface area contributed by atoms with E-state index in [1.807, 2.05) is 5.41 Å². The Morgan fingerprint density at radius 2 is 2.04 bits per heavy atom. The fourth-order valence-corrected chi connectivity index (χ4v) is 6.14. The SMILES string of the molecule is COC1CC(F)C2NC(=O)C3SC=CC3C2C1c1ccc(CCN(C)C)cc1. The molecule has 152 valence electrons. The second kappa shape index (κ2) is 8.17. The standard InChI is InChI=1S/C22H29FN2O2S/c1-25(2)10-8-13-4-6-14(7-5-13)18-17(27-3)12-16(23)20-19(18)15-9-11-28-21(15)22(26)24-20/h4-7,9,11,15-21H,8,10,12H2,1-3H3,(H,24,26). The van der Waals surface area contributed by atoms with Gasteiger partial charge in [0.25, 0.3) is 0 Å². The maximum Gasteiger partial charge on any atom is 0.234 e. The van der Waals surface area contributed by atoms with E-state index in [9.17, 15) is 9.18 Å². The minimum Gasteiger partial charge on any atom is -0.381 e. The Morgan fingerprint density at radius 3 is 2.71 bits per heavy atom. The number of hydrogen-bond acceptors (Lipinski definition) is 4. The maximum absolute atomic E-state index is 15.0. The van der Waals surface area contributed by atoms with Crippen LogP contribution < -0.4 is 5.32 Å². The number of thioether (sulfide) groups is 1. The molecule has 3 aliphatic rings. The van der Waals surface area contributed by atoms with Crippen LogP contribution in [0.4, 0.5) is 4.39 Å². The molecule has 1 aromatic carbocycles. The van der Waals surface area contributed by atoms with Gasteiger partial charge in [0.1, 0.15) is 6.17 Å². The number of fused-ring (bicyclic) bond motifs is 3. The number of piperidine rings is 1. The highest BCUT2D eigenvalue weighted by molar-refractivity contribution is 8.03. The molecular weight excluding hydrogens is 375 g/mol. The second-order valence-corrected chi connectivity index (χ2v) is 9.47. The molecule has 2 heterocycles. The lowest BCUT2D eigenvalue weighted by Gasteiger charge is -2.50. The molecule has 6 heteroatoms. The van der Waals surface area contributed by atoms with E-state index >= 15 is 0 Å². The molecule has 1 aliphatic carbocycles. The van der Waals surface area contributed by atoms with Crippen molar-refractivity contribution < 1.29 is 13.9 Å². The average molecular weight is 405 g/mol. The van der Waals surface area contributed by atoms with Crippen molar-refractivity contribution in [1.82, 2.24) is 10.2 Å². The lowest BCUT2D eigenvalue weighted by molar-refractivity contribution is -0.129. The summed E-state index contributed by atoms with van der Waals surface area (Å²) in [7, 11) is 5.83. The van der Waals surface area contributed by atoms with Gasteiger partial charge in [-0.05, 0) is 43.0 Å². The molecule has 1 saturated heterocycles. The van der Waals surface area contributed by atoms with Crippen LogP contribution in [0.25, 0.3) is 0 Å². The first-order valence-corrected chi connectivity index (χ1v) is 11.0. The number of benzene rings is 1. The molecule has 0 spiro atoms. The third kappa shape index (κ3) is 3.62. The van der Waals surface area contributed by atoms with Crippen LogP contribution in [0.5, 0.6) is 0 Å². The molecule has 2 fully saturated rings. The Labute approximate surface area is 170 Å². The Hall–Kier alpha value is -1.37. The molecule has 4 rings (SSSR count). The number of ether oxygens (including phenoxy) is 1. The minimum atomic E-state index is -1.07. The first kappa shape index (κ1) is 19.9. The van der Waals surface area contributed by atoms with Crippen LogP contribution in [0.2, 0.25) is 0 Å². The Balaban J connectivity index is 1.64. The fraction of sp³-hybridized carbons (Fsp3) is 0.591. The number of amides is 1. The lowest BCUT2D eigenvalue weighted by Crippen LogP contribution is -2.63. The van der Waals surface area contributed by atoms with Gasteiger partial charge in [-0.25, -0.2) is 4.39 Å².